The lowest BCUT2D eigenvalue weighted by atomic mass is 9.79. The maximum atomic E-state index is 13.0. The fourth-order valence-corrected chi connectivity index (χ4v) is 1.27. The monoisotopic (exact) mass is 224 g/mol. The van der Waals surface area contributed by atoms with Gasteiger partial charge in [0.25, 0.3) is 0 Å². The summed E-state index contributed by atoms with van der Waals surface area (Å²) in [7, 11) is 0. The quantitative estimate of drug-likeness (QED) is 0.644. The van der Waals surface area contributed by atoms with E-state index in [2.05, 4.69) is 0 Å². The van der Waals surface area contributed by atoms with Gasteiger partial charge in [0.2, 0.25) is 0 Å². The van der Waals surface area contributed by atoms with E-state index < -0.39 is 43.0 Å². The zero-order chi connectivity index (χ0) is 12.1. The third kappa shape index (κ3) is 3.14. The number of carboxylic acids is 2. The van der Waals surface area contributed by atoms with Crippen molar-refractivity contribution in [2.75, 3.05) is 6.67 Å². The second kappa shape index (κ2) is 5.63. The van der Waals surface area contributed by atoms with Crippen molar-refractivity contribution in [2.45, 2.75) is 32.4 Å². The molecule has 15 heavy (non-hydrogen) atoms. The van der Waals surface area contributed by atoms with Gasteiger partial charge in [-0.15, -0.1) is 0 Å². The standard InChI is InChI=1S/C9H14F2O4/c1-2-6(11)5-9(3-4-10,7(12)13)8(14)15/h6H,2-5H2,1H3,(H,12,13)(H,14,15). The summed E-state index contributed by atoms with van der Waals surface area (Å²) in [5.74, 6) is -3.38. The van der Waals surface area contributed by atoms with Crippen molar-refractivity contribution in [2.24, 2.45) is 5.41 Å². The Labute approximate surface area is 85.9 Å². The van der Waals surface area contributed by atoms with Crippen molar-refractivity contribution in [1.82, 2.24) is 0 Å². The number of carboxylic acid groups (broad SMARTS) is 2. The first-order chi connectivity index (χ1) is 6.90. The molecule has 6 heteroatoms. The molecule has 2 N–H and O–H groups in total. The van der Waals surface area contributed by atoms with E-state index in [0.29, 0.717) is 0 Å². The molecule has 1 atom stereocenters. The van der Waals surface area contributed by atoms with E-state index in [1.54, 1.807) is 0 Å². The SMILES string of the molecule is CCC(F)CC(CCF)(C(=O)O)C(=O)O. The minimum atomic E-state index is -2.34. The Hall–Kier alpha value is -1.20. The van der Waals surface area contributed by atoms with Crippen molar-refractivity contribution >= 4 is 11.9 Å². The fourth-order valence-electron chi connectivity index (χ4n) is 1.27. The van der Waals surface area contributed by atoms with Crippen LogP contribution in [0.2, 0.25) is 0 Å². The van der Waals surface area contributed by atoms with E-state index in [1.165, 1.54) is 6.92 Å². The molecule has 0 saturated carbocycles. The number of rotatable bonds is 7. The Bertz CT molecular complexity index is 228. The summed E-state index contributed by atoms with van der Waals surface area (Å²) in [6, 6.07) is 0. The third-order valence-corrected chi connectivity index (χ3v) is 2.35. The minimum Gasteiger partial charge on any atom is -0.480 e. The summed E-state index contributed by atoms with van der Waals surface area (Å²) < 4.78 is 25.1. The largest absolute Gasteiger partial charge is 0.480 e. The first-order valence-electron chi connectivity index (χ1n) is 4.57. The van der Waals surface area contributed by atoms with Gasteiger partial charge in [-0.05, 0) is 6.42 Å². The number of aliphatic carboxylic acids is 2. The summed E-state index contributed by atoms with van der Waals surface area (Å²) in [4.78, 5) is 21.6. The van der Waals surface area contributed by atoms with Gasteiger partial charge in [-0.2, -0.15) is 0 Å². The van der Waals surface area contributed by atoms with Crippen LogP contribution in [-0.2, 0) is 9.59 Å². The van der Waals surface area contributed by atoms with Crippen LogP contribution >= 0.6 is 0 Å². The Morgan fingerprint density at radius 2 is 1.80 bits per heavy atom. The van der Waals surface area contributed by atoms with Gasteiger partial charge in [-0.3, -0.25) is 14.0 Å². The Morgan fingerprint density at radius 3 is 2.07 bits per heavy atom. The highest BCUT2D eigenvalue weighted by Gasteiger charge is 2.47. The summed E-state index contributed by atoms with van der Waals surface area (Å²) in [5, 5.41) is 17.5. The predicted molar refractivity (Wildman–Crippen MR) is 48.1 cm³/mol. The van der Waals surface area contributed by atoms with Crippen LogP contribution in [0.5, 0.6) is 0 Å². The van der Waals surface area contributed by atoms with Crippen molar-refractivity contribution in [3.63, 3.8) is 0 Å². The first-order valence-corrected chi connectivity index (χ1v) is 4.57. The maximum absolute atomic E-state index is 13.0. The molecule has 0 aromatic heterocycles. The molecule has 0 aliphatic carbocycles. The molecular formula is C9H14F2O4. The van der Waals surface area contributed by atoms with Gasteiger partial charge in [0.05, 0.1) is 6.67 Å². The van der Waals surface area contributed by atoms with Crippen LogP contribution in [0, 0.1) is 5.41 Å². The molecule has 4 nitrogen and oxygen atoms in total. The molecule has 0 bridgehead atoms. The summed E-state index contributed by atoms with van der Waals surface area (Å²) in [6.07, 6.45) is -2.95. The lowest BCUT2D eigenvalue weighted by Crippen LogP contribution is -2.42. The van der Waals surface area contributed by atoms with E-state index in [9.17, 15) is 18.4 Å². The van der Waals surface area contributed by atoms with Gasteiger partial charge in [-0.1, -0.05) is 6.92 Å². The normalized spacial score (nSPS) is 13.5. The fraction of sp³-hybridized carbons (Fsp3) is 0.778. The molecule has 0 amide bonds. The predicted octanol–water partition coefficient (Wildman–Crippen LogP) is 1.64. The van der Waals surface area contributed by atoms with E-state index in [-0.39, 0.29) is 6.42 Å². The van der Waals surface area contributed by atoms with Gasteiger partial charge < -0.3 is 10.2 Å². The Kier molecular flexibility index (Phi) is 5.18. The van der Waals surface area contributed by atoms with Crippen LogP contribution in [0.4, 0.5) is 8.78 Å². The zero-order valence-electron chi connectivity index (χ0n) is 8.37. The maximum Gasteiger partial charge on any atom is 0.321 e. The highest BCUT2D eigenvalue weighted by Crippen LogP contribution is 2.31. The molecule has 0 aromatic carbocycles. The lowest BCUT2D eigenvalue weighted by Gasteiger charge is -2.24. The van der Waals surface area contributed by atoms with E-state index in [4.69, 9.17) is 10.2 Å². The average molecular weight is 224 g/mol. The summed E-state index contributed by atoms with van der Waals surface area (Å²) in [6.45, 7) is 0.365. The molecule has 0 radical (unpaired) electrons. The number of alkyl halides is 2. The third-order valence-electron chi connectivity index (χ3n) is 2.35. The number of halogens is 2. The molecular weight excluding hydrogens is 210 g/mol. The molecule has 1 unspecified atom stereocenters. The van der Waals surface area contributed by atoms with Crippen molar-refractivity contribution in [1.29, 1.82) is 0 Å². The van der Waals surface area contributed by atoms with Crippen LogP contribution in [0.25, 0.3) is 0 Å². The van der Waals surface area contributed by atoms with Crippen LogP contribution in [-0.4, -0.2) is 35.0 Å². The molecule has 0 aliphatic rings. The first kappa shape index (κ1) is 13.8. The number of carbonyl (C=O) groups is 2. The van der Waals surface area contributed by atoms with Crippen LogP contribution < -0.4 is 0 Å². The number of hydrogen-bond acceptors (Lipinski definition) is 2. The molecule has 0 fully saturated rings. The van der Waals surface area contributed by atoms with Gasteiger partial charge in [0.1, 0.15) is 6.17 Å². The van der Waals surface area contributed by atoms with Gasteiger partial charge >= 0.3 is 11.9 Å². The topological polar surface area (TPSA) is 74.6 Å². The average Bonchev–Trinajstić information content (AvgIpc) is 2.15. The Morgan fingerprint density at radius 1 is 1.33 bits per heavy atom. The van der Waals surface area contributed by atoms with E-state index >= 15 is 0 Å². The van der Waals surface area contributed by atoms with Crippen molar-refractivity contribution in [3.05, 3.63) is 0 Å². The summed E-state index contributed by atoms with van der Waals surface area (Å²) >= 11 is 0. The molecule has 88 valence electrons. The molecule has 0 aliphatic heterocycles. The number of hydrogen-bond donors (Lipinski definition) is 2. The highest BCUT2D eigenvalue weighted by atomic mass is 19.1. The molecule has 0 spiro atoms. The van der Waals surface area contributed by atoms with Crippen molar-refractivity contribution < 1.29 is 28.6 Å². The van der Waals surface area contributed by atoms with Crippen molar-refractivity contribution in [3.8, 4) is 0 Å². The second-order valence-corrected chi connectivity index (χ2v) is 3.34. The van der Waals surface area contributed by atoms with Gasteiger partial charge in [0.15, 0.2) is 5.41 Å². The smallest absolute Gasteiger partial charge is 0.321 e. The van der Waals surface area contributed by atoms with Crippen LogP contribution in [0.1, 0.15) is 26.2 Å². The minimum absolute atomic E-state index is 0.00853. The van der Waals surface area contributed by atoms with Gasteiger partial charge in [-0.25, -0.2) is 4.39 Å². The molecule has 0 saturated heterocycles. The molecule has 0 heterocycles. The van der Waals surface area contributed by atoms with Crippen LogP contribution in [0.15, 0.2) is 0 Å². The molecule has 0 rings (SSSR count). The highest BCUT2D eigenvalue weighted by molar-refractivity contribution is 5.98. The summed E-state index contributed by atoms with van der Waals surface area (Å²) in [5.41, 5.74) is -2.34. The Balaban J connectivity index is 4.95. The van der Waals surface area contributed by atoms with E-state index in [0.717, 1.165) is 0 Å². The lowest BCUT2D eigenvalue weighted by molar-refractivity contribution is -0.167. The second-order valence-electron chi connectivity index (χ2n) is 3.34. The molecule has 0 aromatic rings. The van der Waals surface area contributed by atoms with E-state index in [1.807, 2.05) is 0 Å². The van der Waals surface area contributed by atoms with Crippen LogP contribution in [0.3, 0.4) is 0 Å². The van der Waals surface area contributed by atoms with Gasteiger partial charge in [0, 0.05) is 12.8 Å². The zero-order valence-corrected chi connectivity index (χ0v) is 8.37.